The van der Waals surface area contributed by atoms with Gasteiger partial charge >= 0.3 is 12.1 Å². The van der Waals surface area contributed by atoms with Gasteiger partial charge in [-0.2, -0.15) is 18.3 Å². The van der Waals surface area contributed by atoms with Crippen molar-refractivity contribution in [2.24, 2.45) is 0 Å². The second kappa shape index (κ2) is 6.33. The van der Waals surface area contributed by atoms with Crippen molar-refractivity contribution < 1.29 is 27.1 Å². The second-order valence-corrected chi connectivity index (χ2v) is 6.04. The summed E-state index contributed by atoms with van der Waals surface area (Å²) < 4.78 is 49.3. The van der Waals surface area contributed by atoms with Gasteiger partial charge in [-0.1, -0.05) is 0 Å². The van der Waals surface area contributed by atoms with Crippen molar-refractivity contribution >= 4 is 16.9 Å². The zero-order valence-electron chi connectivity index (χ0n) is 14.5. The minimum atomic E-state index is -4.80. The SMILES string of the molecule is COC(=O)c1cn(-c2ccc3oc(C(F)(F)F)cc(=O)c3c2)cc2c(=O)[nH]nc1-2. The molecule has 2 aliphatic heterocycles. The number of methoxy groups -OCH3 is 1. The fourth-order valence-corrected chi connectivity index (χ4v) is 2.89. The minimum Gasteiger partial charge on any atom is -0.465 e. The topological polar surface area (TPSA) is 107 Å². The Balaban J connectivity index is 1.94. The summed E-state index contributed by atoms with van der Waals surface area (Å²) in [5, 5.41) is 5.93. The van der Waals surface area contributed by atoms with Crippen LogP contribution in [0.4, 0.5) is 13.2 Å². The van der Waals surface area contributed by atoms with Gasteiger partial charge in [0, 0.05) is 24.1 Å². The van der Waals surface area contributed by atoms with Gasteiger partial charge in [-0.15, -0.1) is 0 Å². The first-order valence-electron chi connectivity index (χ1n) is 8.03. The molecule has 11 heteroatoms. The number of esters is 1. The number of ether oxygens (including phenoxy) is 1. The van der Waals surface area contributed by atoms with Crippen molar-refractivity contribution in [2.75, 3.05) is 7.11 Å². The van der Waals surface area contributed by atoms with Gasteiger partial charge < -0.3 is 13.7 Å². The molecular weight excluding hydrogens is 395 g/mol. The van der Waals surface area contributed by atoms with Crippen LogP contribution >= 0.6 is 0 Å². The van der Waals surface area contributed by atoms with Crippen molar-refractivity contribution in [3.05, 3.63) is 68.6 Å². The van der Waals surface area contributed by atoms with Crippen LogP contribution in [0.1, 0.15) is 16.1 Å². The van der Waals surface area contributed by atoms with Crippen LogP contribution < -0.4 is 11.0 Å². The maximum absolute atomic E-state index is 12.8. The Morgan fingerprint density at radius 1 is 1.21 bits per heavy atom. The number of carbonyl (C=O) groups is 1. The molecule has 0 fully saturated rings. The van der Waals surface area contributed by atoms with Gasteiger partial charge in [0.1, 0.15) is 16.8 Å². The number of aromatic amines is 1. The zero-order valence-corrected chi connectivity index (χ0v) is 14.5. The van der Waals surface area contributed by atoms with E-state index in [1.807, 2.05) is 0 Å². The highest BCUT2D eigenvalue weighted by Gasteiger charge is 2.35. The first-order valence-corrected chi connectivity index (χ1v) is 8.03. The van der Waals surface area contributed by atoms with E-state index in [-0.39, 0.29) is 27.8 Å². The van der Waals surface area contributed by atoms with Crippen LogP contribution in [0.2, 0.25) is 0 Å². The Kier molecular flexibility index (Phi) is 4.03. The molecule has 0 radical (unpaired) electrons. The Morgan fingerprint density at radius 3 is 2.66 bits per heavy atom. The number of pyridine rings is 1. The second-order valence-electron chi connectivity index (χ2n) is 6.04. The predicted molar refractivity (Wildman–Crippen MR) is 93.2 cm³/mol. The molecular formula is C18H10F3N3O5. The average Bonchev–Trinajstić information content (AvgIpc) is 3.06. The summed E-state index contributed by atoms with van der Waals surface area (Å²) in [6.07, 6.45) is -2.09. The number of aromatic nitrogens is 3. The summed E-state index contributed by atoms with van der Waals surface area (Å²) in [5.74, 6) is -2.15. The third-order valence-electron chi connectivity index (χ3n) is 4.25. The van der Waals surface area contributed by atoms with E-state index < -0.39 is 28.9 Å². The minimum absolute atomic E-state index is 0.0112. The van der Waals surface area contributed by atoms with Crippen LogP contribution in [0.3, 0.4) is 0 Å². The van der Waals surface area contributed by atoms with Crippen molar-refractivity contribution in [1.29, 1.82) is 0 Å². The normalized spacial score (nSPS) is 11.9. The summed E-state index contributed by atoms with van der Waals surface area (Å²) in [6.45, 7) is 0. The van der Waals surface area contributed by atoms with Crippen molar-refractivity contribution in [3.63, 3.8) is 0 Å². The first-order chi connectivity index (χ1) is 13.7. The molecule has 0 aliphatic carbocycles. The molecule has 1 aromatic carbocycles. The molecule has 148 valence electrons. The van der Waals surface area contributed by atoms with Gasteiger partial charge in [0.05, 0.1) is 18.1 Å². The van der Waals surface area contributed by atoms with Gasteiger partial charge in [0.2, 0.25) is 5.76 Å². The highest BCUT2D eigenvalue weighted by molar-refractivity contribution is 5.96. The predicted octanol–water partition coefficient (Wildman–Crippen LogP) is 2.58. The first kappa shape index (κ1) is 18.5. The van der Waals surface area contributed by atoms with E-state index >= 15 is 0 Å². The van der Waals surface area contributed by atoms with Crippen molar-refractivity contribution in [3.8, 4) is 16.9 Å². The molecule has 8 nitrogen and oxygen atoms in total. The maximum Gasteiger partial charge on any atom is 0.449 e. The number of hydrogen-bond acceptors (Lipinski definition) is 6. The lowest BCUT2D eigenvalue weighted by Crippen LogP contribution is -2.12. The monoisotopic (exact) mass is 405 g/mol. The summed E-state index contributed by atoms with van der Waals surface area (Å²) in [5.41, 5.74) is -1.20. The molecule has 0 saturated heterocycles. The van der Waals surface area contributed by atoms with Crippen LogP contribution in [0.25, 0.3) is 27.9 Å². The quantitative estimate of drug-likeness (QED) is 0.514. The van der Waals surface area contributed by atoms with Crippen LogP contribution in [-0.4, -0.2) is 27.8 Å². The summed E-state index contributed by atoms with van der Waals surface area (Å²) >= 11 is 0. The van der Waals surface area contributed by atoms with E-state index in [9.17, 15) is 27.6 Å². The number of benzene rings is 1. The number of halogens is 3. The van der Waals surface area contributed by atoms with E-state index in [1.54, 1.807) is 0 Å². The number of rotatable bonds is 2. The summed E-state index contributed by atoms with van der Waals surface area (Å²) in [7, 11) is 1.16. The molecule has 1 aromatic heterocycles. The van der Waals surface area contributed by atoms with Crippen LogP contribution in [-0.2, 0) is 10.9 Å². The molecule has 1 N–H and O–H groups in total. The molecule has 0 atom stereocenters. The van der Waals surface area contributed by atoms with E-state index in [1.165, 1.54) is 35.2 Å². The molecule has 0 spiro atoms. The van der Waals surface area contributed by atoms with Gasteiger partial charge in [0.25, 0.3) is 5.56 Å². The molecule has 0 bridgehead atoms. The smallest absolute Gasteiger partial charge is 0.449 e. The standard InChI is InChI=1S/C18H10F3N3O5/c1-28-17(27)11-7-24(6-10-15(11)22-23-16(10)26)8-2-3-13-9(4-8)12(25)5-14(29-13)18(19,20)21/h2-7H,1H3,(H,23,26). The fourth-order valence-electron chi connectivity index (χ4n) is 2.89. The molecule has 4 rings (SSSR count). The zero-order chi connectivity index (χ0) is 20.9. The van der Waals surface area contributed by atoms with Crippen LogP contribution in [0.15, 0.2) is 50.7 Å². The van der Waals surface area contributed by atoms with Crippen molar-refractivity contribution in [1.82, 2.24) is 14.8 Å². The number of carbonyl (C=O) groups excluding carboxylic acids is 1. The number of nitrogens with one attached hydrogen (secondary N) is 1. The lowest BCUT2D eigenvalue weighted by molar-refractivity contribution is -0.152. The van der Waals surface area contributed by atoms with E-state index in [0.717, 1.165) is 7.11 Å². The summed E-state index contributed by atoms with van der Waals surface area (Å²) in [6, 6.07) is 4.23. The van der Waals surface area contributed by atoms with Gasteiger partial charge in [-0.25, -0.2) is 9.89 Å². The van der Waals surface area contributed by atoms with E-state index in [2.05, 4.69) is 10.2 Å². The number of alkyl halides is 3. The highest BCUT2D eigenvalue weighted by Crippen LogP contribution is 2.31. The third kappa shape index (κ3) is 3.06. The number of hydrogen-bond donors (Lipinski definition) is 1. The third-order valence-corrected chi connectivity index (χ3v) is 4.25. The van der Waals surface area contributed by atoms with Crippen LogP contribution in [0.5, 0.6) is 0 Å². The molecule has 2 aliphatic rings. The average molecular weight is 405 g/mol. The van der Waals surface area contributed by atoms with Gasteiger partial charge in [-0.05, 0) is 18.2 Å². The van der Waals surface area contributed by atoms with E-state index in [4.69, 9.17) is 9.15 Å². The Morgan fingerprint density at radius 2 is 1.97 bits per heavy atom. The highest BCUT2D eigenvalue weighted by atomic mass is 19.4. The van der Waals surface area contributed by atoms with Crippen LogP contribution in [0, 0.1) is 0 Å². The fraction of sp³-hybridized carbons (Fsp3) is 0.111. The Hall–Kier alpha value is -3.89. The largest absolute Gasteiger partial charge is 0.465 e. The molecule has 3 heterocycles. The molecule has 0 saturated carbocycles. The van der Waals surface area contributed by atoms with Crippen molar-refractivity contribution in [2.45, 2.75) is 6.18 Å². The molecule has 0 unspecified atom stereocenters. The number of fused-ring (bicyclic) bond motifs is 2. The molecule has 2 aromatic rings. The maximum atomic E-state index is 12.8. The Labute approximate surface area is 158 Å². The lowest BCUT2D eigenvalue weighted by atomic mass is 10.1. The summed E-state index contributed by atoms with van der Waals surface area (Å²) in [4.78, 5) is 36.2. The van der Waals surface area contributed by atoms with E-state index in [0.29, 0.717) is 11.8 Å². The Bertz CT molecular complexity index is 1350. The molecule has 0 amide bonds. The van der Waals surface area contributed by atoms with Gasteiger partial charge in [-0.3, -0.25) is 9.59 Å². The molecule has 29 heavy (non-hydrogen) atoms. The van der Waals surface area contributed by atoms with Gasteiger partial charge in [0.15, 0.2) is 5.43 Å². The lowest BCUT2D eigenvalue weighted by Gasteiger charge is -2.12. The number of H-pyrrole nitrogens is 1. The number of nitrogens with zero attached hydrogens (tertiary/aromatic N) is 2.